The van der Waals surface area contributed by atoms with Crippen LogP contribution in [0.1, 0.15) is 10.4 Å². The lowest BCUT2D eigenvalue weighted by Crippen LogP contribution is -2.17. The van der Waals surface area contributed by atoms with Gasteiger partial charge in [-0.1, -0.05) is 24.3 Å². The van der Waals surface area contributed by atoms with Crippen LogP contribution in [0.3, 0.4) is 0 Å². The Kier molecular flexibility index (Phi) is 3.71. The van der Waals surface area contributed by atoms with E-state index in [2.05, 4.69) is 17.6 Å². The van der Waals surface area contributed by atoms with Gasteiger partial charge in [0.2, 0.25) is 0 Å². The molecule has 0 aliphatic rings. The summed E-state index contributed by atoms with van der Waals surface area (Å²) in [5.41, 5.74) is 3.39. The molecule has 0 spiro atoms. The number of aromatic nitrogens is 3. The smallest absolute Gasteiger partial charge is 0.255 e. The molecule has 0 bridgehead atoms. The van der Waals surface area contributed by atoms with E-state index in [0.29, 0.717) is 0 Å². The van der Waals surface area contributed by atoms with Crippen LogP contribution in [-0.4, -0.2) is 20.0 Å². The van der Waals surface area contributed by atoms with E-state index in [-0.39, 0.29) is 11.5 Å². The molecule has 5 heteroatoms. The Bertz CT molecular complexity index is 1520. The second kappa shape index (κ2) is 6.27. The second-order valence-corrected chi connectivity index (χ2v) is 7.11. The van der Waals surface area contributed by atoms with E-state index in [0.717, 1.165) is 43.8 Å². The molecule has 140 valence electrons. The van der Waals surface area contributed by atoms with Crippen molar-refractivity contribution in [2.45, 2.75) is 6.92 Å². The Morgan fingerprint density at radius 1 is 1.00 bits per heavy atom. The molecule has 3 heterocycles. The zero-order valence-corrected chi connectivity index (χ0v) is 15.8. The van der Waals surface area contributed by atoms with Gasteiger partial charge in [-0.2, -0.15) is 0 Å². The van der Waals surface area contributed by atoms with E-state index >= 15 is 0 Å². The van der Waals surface area contributed by atoms with Gasteiger partial charge in [-0.05, 0) is 43.3 Å². The molecule has 0 fully saturated rings. The summed E-state index contributed by atoms with van der Waals surface area (Å²) in [4.78, 5) is 29.4. The van der Waals surface area contributed by atoms with E-state index < -0.39 is 0 Å². The topological polar surface area (TPSA) is 56.9 Å². The van der Waals surface area contributed by atoms with Crippen LogP contribution in [0.5, 0.6) is 0 Å². The number of fused-ring (bicyclic) bond motifs is 4. The van der Waals surface area contributed by atoms with E-state index in [1.165, 1.54) is 10.6 Å². The van der Waals surface area contributed by atoms with Crippen molar-refractivity contribution in [2.24, 2.45) is 0 Å². The minimum absolute atomic E-state index is 0.118. The summed E-state index contributed by atoms with van der Waals surface area (Å²) >= 11 is 0. The zero-order chi connectivity index (χ0) is 20.1. The molecule has 0 amide bonds. The van der Waals surface area contributed by atoms with E-state index in [4.69, 9.17) is 0 Å². The third-order valence-corrected chi connectivity index (χ3v) is 5.19. The molecule has 5 aromatic rings. The first-order chi connectivity index (χ1) is 14.0. The first-order valence-corrected chi connectivity index (χ1v) is 9.25. The highest BCUT2D eigenvalue weighted by Crippen LogP contribution is 2.27. The Morgan fingerprint density at radius 3 is 2.62 bits per heavy atom. The van der Waals surface area contributed by atoms with E-state index in [1.807, 2.05) is 37.3 Å². The highest BCUT2D eigenvalue weighted by atomic mass is 16.1. The third-order valence-electron chi connectivity index (χ3n) is 5.19. The van der Waals surface area contributed by atoms with Crippen LogP contribution in [0.2, 0.25) is 0 Å². The van der Waals surface area contributed by atoms with E-state index in [1.54, 1.807) is 35.3 Å². The van der Waals surface area contributed by atoms with Crippen LogP contribution in [0.25, 0.3) is 38.3 Å². The standard InChI is InChI=1S/C24H17N3O2/c1-3-22(28)26-13-17-5-7-19(11-18(17)14-26)27-23(29)9-6-16-12-25-21-8-4-15(2)10-20(21)24(16)27/h3-14H,1H2,2H3. The summed E-state index contributed by atoms with van der Waals surface area (Å²) in [6, 6.07) is 15.1. The summed E-state index contributed by atoms with van der Waals surface area (Å²) < 4.78 is 3.21. The Hall–Kier alpha value is -3.99. The molecule has 29 heavy (non-hydrogen) atoms. The molecule has 0 aliphatic heterocycles. The molecule has 0 atom stereocenters. The van der Waals surface area contributed by atoms with Crippen LogP contribution in [0.4, 0.5) is 0 Å². The van der Waals surface area contributed by atoms with Crippen LogP contribution < -0.4 is 5.56 Å². The number of pyridine rings is 2. The van der Waals surface area contributed by atoms with Crippen LogP contribution in [0.15, 0.2) is 84.6 Å². The van der Waals surface area contributed by atoms with Crippen LogP contribution in [-0.2, 0) is 0 Å². The number of benzene rings is 2. The largest absolute Gasteiger partial charge is 0.290 e. The predicted octanol–water partition coefficient (Wildman–Crippen LogP) is 4.63. The normalized spacial score (nSPS) is 11.3. The minimum atomic E-state index is -0.197. The van der Waals surface area contributed by atoms with Crippen molar-refractivity contribution in [1.29, 1.82) is 0 Å². The first-order valence-electron chi connectivity index (χ1n) is 9.25. The maximum Gasteiger partial charge on any atom is 0.255 e. The number of hydrogen-bond acceptors (Lipinski definition) is 3. The zero-order valence-electron chi connectivity index (χ0n) is 15.8. The van der Waals surface area contributed by atoms with Gasteiger partial charge in [0.25, 0.3) is 11.5 Å². The Balaban J connectivity index is 1.85. The number of nitrogens with zero attached hydrogens (tertiary/aromatic N) is 3. The number of aryl methyl sites for hydroxylation is 1. The summed E-state index contributed by atoms with van der Waals surface area (Å²) in [6.07, 6.45) is 6.58. The fourth-order valence-corrected chi connectivity index (χ4v) is 3.78. The molecule has 0 N–H and O–H groups in total. The lowest BCUT2D eigenvalue weighted by Gasteiger charge is -2.13. The number of rotatable bonds is 2. The molecule has 0 unspecified atom stereocenters. The predicted molar refractivity (Wildman–Crippen MR) is 116 cm³/mol. The SMILES string of the molecule is C=CC(=O)n1cc2ccc(-n3c(=O)ccc4cnc5ccc(C)cc5c43)cc2c1. The van der Waals surface area contributed by atoms with Gasteiger partial charge in [0, 0.05) is 51.9 Å². The lowest BCUT2D eigenvalue weighted by molar-refractivity contribution is 0.0970. The Labute approximate surface area is 166 Å². The van der Waals surface area contributed by atoms with Crippen molar-refractivity contribution in [3.8, 4) is 5.69 Å². The average molecular weight is 379 g/mol. The van der Waals surface area contributed by atoms with Gasteiger partial charge >= 0.3 is 0 Å². The van der Waals surface area contributed by atoms with Gasteiger partial charge in [0.15, 0.2) is 0 Å². The van der Waals surface area contributed by atoms with Gasteiger partial charge in [-0.25, -0.2) is 0 Å². The maximum absolute atomic E-state index is 12.9. The fraction of sp³-hybridized carbons (Fsp3) is 0.0417. The molecule has 0 saturated heterocycles. The van der Waals surface area contributed by atoms with Crippen molar-refractivity contribution < 1.29 is 4.79 Å². The minimum Gasteiger partial charge on any atom is -0.290 e. The number of carbonyl (C=O) groups is 1. The number of carbonyl (C=O) groups excluding carboxylic acids is 1. The molecule has 3 aromatic heterocycles. The van der Waals surface area contributed by atoms with Crippen molar-refractivity contribution in [1.82, 2.24) is 14.1 Å². The lowest BCUT2D eigenvalue weighted by atomic mass is 10.1. The molecule has 5 nitrogen and oxygen atoms in total. The first kappa shape index (κ1) is 17.1. The summed E-state index contributed by atoms with van der Waals surface area (Å²) in [6.45, 7) is 5.56. The van der Waals surface area contributed by atoms with Gasteiger partial charge < -0.3 is 0 Å². The molecule has 2 aromatic carbocycles. The molecular formula is C24H17N3O2. The monoisotopic (exact) mass is 379 g/mol. The highest BCUT2D eigenvalue weighted by molar-refractivity contribution is 6.04. The van der Waals surface area contributed by atoms with Crippen molar-refractivity contribution in [3.05, 3.63) is 95.7 Å². The maximum atomic E-state index is 12.9. The highest BCUT2D eigenvalue weighted by Gasteiger charge is 2.12. The van der Waals surface area contributed by atoms with Gasteiger partial charge in [0.05, 0.1) is 11.0 Å². The number of allylic oxidation sites excluding steroid dienone is 1. The van der Waals surface area contributed by atoms with Crippen molar-refractivity contribution >= 4 is 38.5 Å². The molecular weight excluding hydrogens is 362 g/mol. The van der Waals surface area contributed by atoms with Gasteiger partial charge in [-0.3, -0.25) is 23.7 Å². The molecule has 0 saturated carbocycles. The summed E-state index contributed by atoms with van der Waals surface area (Å²) in [5.74, 6) is -0.197. The van der Waals surface area contributed by atoms with Gasteiger partial charge in [0.1, 0.15) is 0 Å². The molecule has 0 radical (unpaired) electrons. The molecule has 5 rings (SSSR count). The molecule has 0 aliphatic carbocycles. The quantitative estimate of drug-likeness (QED) is 0.332. The van der Waals surface area contributed by atoms with Crippen molar-refractivity contribution in [3.63, 3.8) is 0 Å². The van der Waals surface area contributed by atoms with Crippen LogP contribution >= 0.6 is 0 Å². The van der Waals surface area contributed by atoms with Gasteiger partial charge in [-0.15, -0.1) is 0 Å². The summed E-state index contributed by atoms with van der Waals surface area (Å²) in [7, 11) is 0. The second-order valence-electron chi connectivity index (χ2n) is 7.11. The Morgan fingerprint density at radius 2 is 1.79 bits per heavy atom. The van der Waals surface area contributed by atoms with Crippen LogP contribution in [0, 0.1) is 6.92 Å². The van der Waals surface area contributed by atoms with E-state index in [9.17, 15) is 9.59 Å². The third kappa shape index (κ3) is 2.67. The number of hydrogen-bond donors (Lipinski definition) is 0. The van der Waals surface area contributed by atoms with Crippen molar-refractivity contribution in [2.75, 3.05) is 0 Å². The average Bonchev–Trinajstić information content (AvgIpc) is 3.16. The fourth-order valence-electron chi connectivity index (χ4n) is 3.78. The summed E-state index contributed by atoms with van der Waals surface area (Å²) in [5, 5.41) is 3.61.